The second-order valence-corrected chi connectivity index (χ2v) is 5.53. The van der Waals surface area contributed by atoms with Gasteiger partial charge in [-0.3, -0.25) is 4.90 Å². The molecule has 2 N–H and O–H groups in total. The van der Waals surface area contributed by atoms with E-state index in [1.807, 2.05) is 0 Å². The average Bonchev–Trinajstić information content (AvgIpc) is 2.70. The molecule has 0 bridgehead atoms. The van der Waals surface area contributed by atoms with Crippen LogP contribution in [0, 0.1) is 6.92 Å². The standard InChI is InChI=1S/C16H25N3O/c1-14-6-8-15(9-7-14)13-20-18-16(17)12-19-10-4-2-3-5-11-19/h6-9H,2-5,10-13H2,1H3,(H2,17,18). The Hall–Kier alpha value is -1.55. The van der Waals surface area contributed by atoms with E-state index in [0.717, 1.165) is 18.7 Å². The van der Waals surface area contributed by atoms with Gasteiger partial charge in [0, 0.05) is 0 Å². The predicted molar refractivity (Wildman–Crippen MR) is 82.5 cm³/mol. The van der Waals surface area contributed by atoms with Gasteiger partial charge >= 0.3 is 0 Å². The van der Waals surface area contributed by atoms with E-state index < -0.39 is 0 Å². The Balaban J connectivity index is 1.74. The van der Waals surface area contributed by atoms with Crippen LogP contribution >= 0.6 is 0 Å². The number of likely N-dealkylation sites (tertiary alicyclic amines) is 1. The molecule has 1 heterocycles. The van der Waals surface area contributed by atoms with Crippen LogP contribution in [-0.4, -0.2) is 30.4 Å². The topological polar surface area (TPSA) is 50.9 Å². The number of rotatable bonds is 5. The number of nitrogens with two attached hydrogens (primary N) is 1. The lowest BCUT2D eigenvalue weighted by molar-refractivity contribution is 0.128. The fourth-order valence-electron chi connectivity index (χ4n) is 2.43. The molecule has 0 atom stereocenters. The largest absolute Gasteiger partial charge is 0.389 e. The first-order chi connectivity index (χ1) is 9.74. The second-order valence-electron chi connectivity index (χ2n) is 5.53. The number of oxime groups is 1. The molecule has 0 unspecified atom stereocenters. The zero-order valence-corrected chi connectivity index (χ0v) is 12.3. The summed E-state index contributed by atoms with van der Waals surface area (Å²) < 4.78 is 0. The first-order valence-electron chi connectivity index (χ1n) is 7.46. The summed E-state index contributed by atoms with van der Waals surface area (Å²) in [5, 5.41) is 4.02. The van der Waals surface area contributed by atoms with Gasteiger partial charge in [0.2, 0.25) is 0 Å². The van der Waals surface area contributed by atoms with E-state index in [9.17, 15) is 0 Å². The van der Waals surface area contributed by atoms with E-state index in [4.69, 9.17) is 10.6 Å². The molecule has 20 heavy (non-hydrogen) atoms. The van der Waals surface area contributed by atoms with Crippen molar-refractivity contribution in [2.45, 2.75) is 39.2 Å². The Kier molecular flexibility index (Phi) is 5.87. The van der Waals surface area contributed by atoms with Crippen LogP contribution in [0.1, 0.15) is 36.8 Å². The maximum atomic E-state index is 5.93. The van der Waals surface area contributed by atoms with E-state index in [1.165, 1.54) is 31.2 Å². The molecule has 0 aliphatic carbocycles. The first kappa shape index (κ1) is 14.9. The first-order valence-corrected chi connectivity index (χ1v) is 7.46. The van der Waals surface area contributed by atoms with Crippen molar-refractivity contribution < 1.29 is 4.84 Å². The van der Waals surface area contributed by atoms with Crippen molar-refractivity contribution in [3.05, 3.63) is 35.4 Å². The fourth-order valence-corrected chi connectivity index (χ4v) is 2.43. The molecule has 0 radical (unpaired) electrons. The van der Waals surface area contributed by atoms with Crippen LogP contribution in [0.3, 0.4) is 0 Å². The van der Waals surface area contributed by atoms with Crippen LogP contribution in [-0.2, 0) is 11.4 Å². The van der Waals surface area contributed by atoms with Gasteiger partial charge in [-0.15, -0.1) is 0 Å². The SMILES string of the molecule is Cc1ccc(CON=C(N)CN2CCCCCC2)cc1. The molecule has 1 aliphatic rings. The summed E-state index contributed by atoms with van der Waals surface area (Å²) in [6.45, 7) is 5.50. The normalized spacial score (nSPS) is 17.8. The highest BCUT2D eigenvalue weighted by Gasteiger charge is 2.10. The summed E-state index contributed by atoms with van der Waals surface area (Å²) in [5.41, 5.74) is 8.29. The van der Waals surface area contributed by atoms with Gasteiger partial charge in [0.1, 0.15) is 6.61 Å². The summed E-state index contributed by atoms with van der Waals surface area (Å²) in [5.74, 6) is 0.569. The Bertz CT molecular complexity index is 420. The van der Waals surface area contributed by atoms with Crippen molar-refractivity contribution >= 4 is 5.84 Å². The summed E-state index contributed by atoms with van der Waals surface area (Å²) >= 11 is 0. The van der Waals surface area contributed by atoms with Gasteiger partial charge in [-0.05, 0) is 38.4 Å². The quantitative estimate of drug-likeness (QED) is 0.510. The second kappa shape index (κ2) is 7.90. The fraction of sp³-hybridized carbons (Fsp3) is 0.562. The molecule has 110 valence electrons. The number of nitrogens with zero attached hydrogens (tertiary/aromatic N) is 2. The van der Waals surface area contributed by atoms with Gasteiger partial charge in [-0.25, -0.2) is 0 Å². The van der Waals surface area contributed by atoms with Crippen LogP contribution in [0.2, 0.25) is 0 Å². The van der Waals surface area contributed by atoms with Crippen LogP contribution in [0.4, 0.5) is 0 Å². The molecule has 0 spiro atoms. The summed E-state index contributed by atoms with van der Waals surface area (Å²) in [6.07, 6.45) is 5.18. The zero-order chi connectivity index (χ0) is 14.2. The maximum absolute atomic E-state index is 5.93. The predicted octanol–water partition coefficient (Wildman–Crippen LogP) is 2.66. The van der Waals surface area contributed by atoms with Gasteiger partial charge in [0.15, 0.2) is 5.84 Å². The van der Waals surface area contributed by atoms with Crippen molar-refractivity contribution in [3.63, 3.8) is 0 Å². The average molecular weight is 275 g/mol. The molecular formula is C16H25N3O. The molecular weight excluding hydrogens is 250 g/mol. The molecule has 1 aromatic rings. The van der Waals surface area contributed by atoms with Crippen LogP contribution in [0.15, 0.2) is 29.4 Å². The minimum atomic E-state index is 0.473. The third kappa shape index (κ3) is 5.21. The monoisotopic (exact) mass is 275 g/mol. The van der Waals surface area contributed by atoms with Crippen molar-refractivity contribution in [1.29, 1.82) is 0 Å². The van der Waals surface area contributed by atoms with Crippen molar-refractivity contribution in [2.24, 2.45) is 10.9 Å². The Labute approximate surface area is 121 Å². The molecule has 4 nitrogen and oxygen atoms in total. The lowest BCUT2D eigenvalue weighted by atomic mass is 10.2. The summed E-state index contributed by atoms with van der Waals surface area (Å²) in [4.78, 5) is 7.69. The Morgan fingerprint density at radius 2 is 1.80 bits per heavy atom. The molecule has 0 aromatic heterocycles. The van der Waals surface area contributed by atoms with Crippen LogP contribution in [0.5, 0.6) is 0 Å². The number of amidine groups is 1. The highest BCUT2D eigenvalue weighted by molar-refractivity contribution is 5.81. The molecule has 1 aliphatic heterocycles. The van der Waals surface area contributed by atoms with E-state index in [0.29, 0.717) is 19.0 Å². The number of hydrogen-bond acceptors (Lipinski definition) is 3. The minimum Gasteiger partial charge on any atom is -0.389 e. The molecule has 0 saturated carbocycles. The smallest absolute Gasteiger partial charge is 0.153 e. The van der Waals surface area contributed by atoms with E-state index >= 15 is 0 Å². The summed E-state index contributed by atoms with van der Waals surface area (Å²) in [6, 6.07) is 8.25. The van der Waals surface area contributed by atoms with E-state index in [1.54, 1.807) is 0 Å². The van der Waals surface area contributed by atoms with Crippen LogP contribution in [0.25, 0.3) is 0 Å². The van der Waals surface area contributed by atoms with E-state index in [-0.39, 0.29) is 0 Å². The van der Waals surface area contributed by atoms with Gasteiger partial charge in [0.05, 0.1) is 6.54 Å². The molecule has 4 heteroatoms. The maximum Gasteiger partial charge on any atom is 0.153 e. The van der Waals surface area contributed by atoms with Gasteiger partial charge in [-0.2, -0.15) is 0 Å². The van der Waals surface area contributed by atoms with E-state index in [2.05, 4.69) is 41.2 Å². The van der Waals surface area contributed by atoms with Gasteiger partial charge < -0.3 is 10.6 Å². The third-order valence-electron chi connectivity index (χ3n) is 3.62. The van der Waals surface area contributed by atoms with Gasteiger partial charge in [-0.1, -0.05) is 47.8 Å². The number of aryl methyl sites for hydroxylation is 1. The third-order valence-corrected chi connectivity index (χ3v) is 3.62. The number of benzene rings is 1. The number of hydrogen-bond donors (Lipinski definition) is 1. The molecule has 2 rings (SSSR count). The molecule has 0 amide bonds. The highest BCUT2D eigenvalue weighted by Crippen LogP contribution is 2.09. The molecule has 1 saturated heterocycles. The Morgan fingerprint density at radius 3 is 2.45 bits per heavy atom. The van der Waals surface area contributed by atoms with Crippen molar-refractivity contribution in [2.75, 3.05) is 19.6 Å². The lowest BCUT2D eigenvalue weighted by Crippen LogP contribution is -2.34. The molecule has 1 aromatic carbocycles. The molecule has 1 fully saturated rings. The van der Waals surface area contributed by atoms with Crippen LogP contribution < -0.4 is 5.73 Å². The lowest BCUT2D eigenvalue weighted by Gasteiger charge is -2.18. The van der Waals surface area contributed by atoms with Crippen molar-refractivity contribution in [3.8, 4) is 0 Å². The Morgan fingerprint density at radius 1 is 1.15 bits per heavy atom. The summed E-state index contributed by atoms with van der Waals surface area (Å²) in [7, 11) is 0. The minimum absolute atomic E-state index is 0.473. The highest BCUT2D eigenvalue weighted by atomic mass is 16.6. The van der Waals surface area contributed by atoms with Crippen molar-refractivity contribution in [1.82, 2.24) is 4.90 Å². The van der Waals surface area contributed by atoms with Gasteiger partial charge in [0.25, 0.3) is 0 Å². The zero-order valence-electron chi connectivity index (χ0n) is 12.3.